The molecule has 1 fully saturated rings. The minimum atomic E-state index is -4.61. The molecule has 0 spiro atoms. The molecular formula is C50H88O12S. The molecule has 1 heterocycles. The van der Waals surface area contributed by atoms with Crippen LogP contribution >= 0.6 is 0 Å². The van der Waals surface area contributed by atoms with E-state index in [1.165, 1.54) is 70.6 Å². The van der Waals surface area contributed by atoms with Gasteiger partial charge in [-0.1, -0.05) is 159 Å². The Labute approximate surface area is 382 Å². The lowest BCUT2D eigenvalue weighted by Gasteiger charge is -2.40. The van der Waals surface area contributed by atoms with Gasteiger partial charge in [-0.05, 0) is 77.0 Å². The van der Waals surface area contributed by atoms with Crippen molar-refractivity contribution in [2.75, 3.05) is 19.0 Å². The quantitative estimate of drug-likeness (QED) is 0.0197. The number of aliphatic hydroxyl groups is 3. The van der Waals surface area contributed by atoms with E-state index in [0.717, 1.165) is 89.9 Å². The number of hydrogen-bond donors (Lipinski definition) is 4. The van der Waals surface area contributed by atoms with E-state index in [4.69, 9.17) is 18.9 Å². The molecule has 6 atom stereocenters. The number of carbonyl (C=O) groups excluding carboxylic acids is 2. The third-order valence-electron chi connectivity index (χ3n) is 11.1. The van der Waals surface area contributed by atoms with Crippen LogP contribution in [0.2, 0.25) is 0 Å². The fraction of sp³-hybridized carbons (Fsp3) is 0.800. The predicted molar refractivity (Wildman–Crippen MR) is 252 cm³/mol. The third kappa shape index (κ3) is 34.6. The molecule has 0 aromatic heterocycles. The van der Waals surface area contributed by atoms with Crippen LogP contribution in [0.25, 0.3) is 0 Å². The Hall–Kier alpha value is -2.39. The smallest absolute Gasteiger partial charge is 0.306 e. The highest BCUT2D eigenvalue weighted by atomic mass is 32.2. The van der Waals surface area contributed by atoms with Crippen molar-refractivity contribution in [1.29, 1.82) is 0 Å². The molecule has 1 aliphatic heterocycles. The summed E-state index contributed by atoms with van der Waals surface area (Å²) in [5, 5.41) is 30.9. The first-order valence-corrected chi connectivity index (χ1v) is 26.3. The molecule has 12 nitrogen and oxygen atoms in total. The number of hydrogen-bond acceptors (Lipinski definition) is 11. The van der Waals surface area contributed by atoms with E-state index < -0.39 is 71.2 Å². The van der Waals surface area contributed by atoms with E-state index in [1.807, 2.05) is 0 Å². The molecule has 0 bridgehead atoms. The van der Waals surface area contributed by atoms with Crippen molar-refractivity contribution in [3.63, 3.8) is 0 Å². The zero-order chi connectivity index (χ0) is 46.2. The molecule has 0 radical (unpaired) electrons. The number of allylic oxidation sites excluding steroid dienone is 8. The molecule has 13 heteroatoms. The SMILES string of the molecule is CCCCC/C=C\C/C=C\C/C=C\CCCCCCCCC(=O)OC(COC(=O)CCCCCCC/C=C\CCCCCCCCC)COC1OC(CS(=O)(=O)O)C(O)C(O)C1O. The molecule has 0 aromatic rings. The Balaban J connectivity index is 2.42. The Morgan fingerprint density at radius 1 is 0.540 bits per heavy atom. The number of unbranched alkanes of at least 4 members (excludes halogenated alkanes) is 21. The summed E-state index contributed by atoms with van der Waals surface area (Å²) in [5.41, 5.74) is 0. The van der Waals surface area contributed by atoms with Crippen molar-refractivity contribution < 1.29 is 56.8 Å². The van der Waals surface area contributed by atoms with Gasteiger partial charge >= 0.3 is 11.9 Å². The van der Waals surface area contributed by atoms with Crippen LogP contribution in [0.1, 0.15) is 200 Å². The van der Waals surface area contributed by atoms with Crippen molar-refractivity contribution in [3.8, 4) is 0 Å². The molecule has 0 aromatic carbocycles. The van der Waals surface area contributed by atoms with E-state index in [2.05, 4.69) is 62.5 Å². The van der Waals surface area contributed by atoms with Crippen LogP contribution in [-0.2, 0) is 38.7 Å². The van der Waals surface area contributed by atoms with Crippen molar-refractivity contribution in [2.24, 2.45) is 0 Å². The fourth-order valence-electron chi connectivity index (χ4n) is 7.27. The van der Waals surface area contributed by atoms with Gasteiger partial charge < -0.3 is 34.3 Å². The third-order valence-corrected chi connectivity index (χ3v) is 11.9. The van der Waals surface area contributed by atoms with Gasteiger partial charge in [0.25, 0.3) is 10.1 Å². The zero-order valence-corrected chi connectivity index (χ0v) is 40.0. The van der Waals surface area contributed by atoms with Gasteiger partial charge in [-0.15, -0.1) is 0 Å². The molecule has 0 aliphatic carbocycles. The highest BCUT2D eigenvalue weighted by molar-refractivity contribution is 7.85. The standard InChI is InChI=1S/C50H88O12S/c1-3-5-7-9-11-13-15-17-19-21-22-23-25-27-29-31-33-35-37-39-46(52)61-43(41-60-50-49(55)48(54)47(53)44(62-50)42-63(56,57)58)40-59-45(51)38-36-34-32-30-28-26-24-20-18-16-14-12-10-8-6-4-2/h11,13,17,19-20,22-24,43-44,47-50,53-55H,3-10,12,14-16,18,21,25-42H2,1-2H3,(H,56,57,58)/b13-11-,19-17-,23-22-,24-20-. The first-order chi connectivity index (χ1) is 30.5. The normalized spacial score (nSPS) is 20.1. The van der Waals surface area contributed by atoms with Crippen LogP contribution in [0.3, 0.4) is 0 Å². The van der Waals surface area contributed by atoms with Crippen LogP contribution in [0, 0.1) is 0 Å². The highest BCUT2D eigenvalue weighted by Gasteiger charge is 2.46. The molecule has 0 amide bonds. The number of aliphatic hydroxyl groups excluding tert-OH is 3. The van der Waals surface area contributed by atoms with Gasteiger partial charge in [0.15, 0.2) is 12.4 Å². The van der Waals surface area contributed by atoms with E-state index in [9.17, 15) is 37.9 Å². The van der Waals surface area contributed by atoms with Crippen molar-refractivity contribution >= 4 is 22.1 Å². The van der Waals surface area contributed by atoms with Crippen LogP contribution in [-0.4, -0.2) is 96.0 Å². The number of esters is 2. The van der Waals surface area contributed by atoms with Gasteiger partial charge in [0.2, 0.25) is 0 Å². The Morgan fingerprint density at radius 3 is 1.46 bits per heavy atom. The van der Waals surface area contributed by atoms with Crippen molar-refractivity contribution in [1.82, 2.24) is 0 Å². The summed E-state index contributed by atoms with van der Waals surface area (Å²) < 4.78 is 54.2. The summed E-state index contributed by atoms with van der Waals surface area (Å²) in [7, 11) is -4.61. The van der Waals surface area contributed by atoms with Gasteiger partial charge in [0.1, 0.15) is 36.8 Å². The molecule has 366 valence electrons. The lowest BCUT2D eigenvalue weighted by Crippen LogP contribution is -2.60. The van der Waals surface area contributed by atoms with E-state index in [0.29, 0.717) is 12.8 Å². The molecule has 0 saturated carbocycles. The van der Waals surface area contributed by atoms with Crippen LogP contribution in [0.4, 0.5) is 0 Å². The fourth-order valence-corrected chi connectivity index (χ4v) is 7.96. The van der Waals surface area contributed by atoms with Gasteiger partial charge in [0, 0.05) is 12.8 Å². The molecule has 1 rings (SSSR count). The maximum Gasteiger partial charge on any atom is 0.306 e. The molecule has 1 saturated heterocycles. The van der Waals surface area contributed by atoms with Gasteiger partial charge in [-0.2, -0.15) is 8.42 Å². The number of ether oxygens (including phenoxy) is 4. The zero-order valence-electron chi connectivity index (χ0n) is 39.2. The van der Waals surface area contributed by atoms with E-state index in [1.54, 1.807) is 0 Å². The maximum atomic E-state index is 12.9. The number of rotatable bonds is 41. The summed E-state index contributed by atoms with van der Waals surface area (Å²) in [6, 6.07) is 0. The minimum Gasteiger partial charge on any atom is -0.462 e. The lowest BCUT2D eigenvalue weighted by molar-refractivity contribution is -0.297. The molecule has 1 aliphatic rings. The van der Waals surface area contributed by atoms with Crippen molar-refractivity contribution in [2.45, 2.75) is 237 Å². The Morgan fingerprint density at radius 2 is 0.952 bits per heavy atom. The van der Waals surface area contributed by atoms with E-state index >= 15 is 0 Å². The Bertz CT molecular complexity index is 1350. The second-order valence-corrected chi connectivity index (χ2v) is 18.6. The highest BCUT2D eigenvalue weighted by Crippen LogP contribution is 2.24. The lowest BCUT2D eigenvalue weighted by atomic mass is 10.00. The monoisotopic (exact) mass is 913 g/mol. The van der Waals surface area contributed by atoms with Gasteiger partial charge in [0.05, 0.1) is 6.61 Å². The summed E-state index contributed by atoms with van der Waals surface area (Å²) >= 11 is 0. The van der Waals surface area contributed by atoms with Crippen molar-refractivity contribution in [3.05, 3.63) is 48.6 Å². The van der Waals surface area contributed by atoms with Crippen LogP contribution in [0.15, 0.2) is 48.6 Å². The summed E-state index contributed by atoms with van der Waals surface area (Å²) in [5.74, 6) is -2.01. The first-order valence-electron chi connectivity index (χ1n) is 24.7. The topological polar surface area (TPSA) is 186 Å². The molecule has 4 N–H and O–H groups in total. The minimum absolute atomic E-state index is 0.147. The molecule has 6 unspecified atom stereocenters. The summed E-state index contributed by atoms with van der Waals surface area (Å²) in [6.07, 6.45) is 38.6. The maximum absolute atomic E-state index is 12.9. The second kappa shape index (κ2) is 39.9. The first kappa shape index (κ1) is 58.6. The Kier molecular flexibility index (Phi) is 37.2. The average molecular weight is 913 g/mol. The summed E-state index contributed by atoms with van der Waals surface area (Å²) in [4.78, 5) is 25.5. The van der Waals surface area contributed by atoms with Gasteiger partial charge in [-0.3, -0.25) is 14.1 Å². The average Bonchev–Trinajstić information content (AvgIpc) is 3.25. The van der Waals surface area contributed by atoms with Crippen LogP contribution < -0.4 is 0 Å². The summed E-state index contributed by atoms with van der Waals surface area (Å²) in [6.45, 7) is 3.72. The van der Waals surface area contributed by atoms with E-state index in [-0.39, 0.29) is 19.4 Å². The second-order valence-electron chi connectivity index (χ2n) is 17.1. The largest absolute Gasteiger partial charge is 0.462 e. The molecular weight excluding hydrogens is 825 g/mol. The van der Waals surface area contributed by atoms with Gasteiger partial charge in [-0.25, -0.2) is 0 Å². The number of carbonyl (C=O) groups is 2. The predicted octanol–water partition coefficient (Wildman–Crippen LogP) is 10.7. The molecule has 63 heavy (non-hydrogen) atoms. The van der Waals surface area contributed by atoms with Crippen LogP contribution in [0.5, 0.6) is 0 Å².